The first-order valence-electron chi connectivity index (χ1n) is 9.27. The number of para-hydroxylation sites is 1. The van der Waals surface area contributed by atoms with Crippen LogP contribution in [0.1, 0.15) is 5.56 Å². The quantitative estimate of drug-likeness (QED) is 0.715. The molecule has 0 saturated carbocycles. The third-order valence-electron chi connectivity index (χ3n) is 4.97. The highest BCUT2D eigenvalue weighted by atomic mass is 16.5. The van der Waals surface area contributed by atoms with Gasteiger partial charge in [-0.15, -0.1) is 0 Å². The average molecular weight is 361 g/mol. The second-order valence-corrected chi connectivity index (χ2v) is 6.82. The second-order valence-electron chi connectivity index (χ2n) is 6.82. The van der Waals surface area contributed by atoms with E-state index < -0.39 is 0 Å². The molecule has 138 valence electrons. The maximum Gasteiger partial charge on any atom is 0.260 e. The number of pyridine rings is 1. The van der Waals surface area contributed by atoms with E-state index in [1.165, 1.54) is 5.56 Å². The molecule has 0 spiro atoms. The Balaban J connectivity index is 1.35. The number of hydrogen-bond acceptors (Lipinski definition) is 4. The minimum absolute atomic E-state index is 0.0336. The molecule has 0 aliphatic carbocycles. The molecule has 1 amide bonds. The van der Waals surface area contributed by atoms with E-state index in [0.717, 1.165) is 35.4 Å². The number of anilines is 1. The van der Waals surface area contributed by atoms with Gasteiger partial charge in [0, 0.05) is 37.8 Å². The Morgan fingerprint density at radius 1 is 1.00 bits per heavy atom. The van der Waals surface area contributed by atoms with Crippen LogP contribution in [0, 0.1) is 6.92 Å². The summed E-state index contributed by atoms with van der Waals surface area (Å²) in [5, 5.41) is 1.14. The van der Waals surface area contributed by atoms with Gasteiger partial charge in [0.15, 0.2) is 6.61 Å². The molecule has 0 N–H and O–H groups in total. The van der Waals surface area contributed by atoms with Crippen molar-refractivity contribution in [1.82, 2.24) is 9.88 Å². The lowest BCUT2D eigenvalue weighted by Crippen LogP contribution is -2.50. The molecule has 2 heterocycles. The summed E-state index contributed by atoms with van der Waals surface area (Å²) < 4.78 is 5.63. The number of rotatable bonds is 4. The minimum atomic E-state index is 0.0336. The first-order chi connectivity index (χ1) is 13.2. The van der Waals surface area contributed by atoms with Crippen molar-refractivity contribution in [3.63, 3.8) is 0 Å². The summed E-state index contributed by atoms with van der Waals surface area (Å²) in [6, 6.07) is 18.0. The zero-order valence-electron chi connectivity index (χ0n) is 15.5. The minimum Gasteiger partial charge on any atom is -0.484 e. The van der Waals surface area contributed by atoms with Gasteiger partial charge in [0.25, 0.3) is 5.91 Å². The van der Waals surface area contributed by atoms with Gasteiger partial charge in [0.1, 0.15) is 5.75 Å². The number of fused-ring (bicyclic) bond motifs is 1. The molecule has 1 aliphatic rings. The molecular formula is C22H23N3O2. The lowest BCUT2D eigenvalue weighted by Gasteiger charge is -2.36. The molecule has 1 fully saturated rings. The molecule has 0 atom stereocenters. The molecule has 5 nitrogen and oxygen atoms in total. The van der Waals surface area contributed by atoms with Gasteiger partial charge in [-0.05, 0) is 31.2 Å². The summed E-state index contributed by atoms with van der Waals surface area (Å²) >= 11 is 0. The SMILES string of the molecule is Cc1ccc(OCC(=O)N2CCN(c3cccc4cccnc34)CC2)cc1. The van der Waals surface area contributed by atoms with Gasteiger partial charge in [-0.25, -0.2) is 0 Å². The molecule has 3 aromatic rings. The molecular weight excluding hydrogens is 338 g/mol. The summed E-state index contributed by atoms with van der Waals surface area (Å²) in [5.41, 5.74) is 3.33. The van der Waals surface area contributed by atoms with Crippen LogP contribution in [0.2, 0.25) is 0 Å². The Hall–Kier alpha value is -3.08. The van der Waals surface area contributed by atoms with Crippen molar-refractivity contribution in [3.8, 4) is 5.75 Å². The van der Waals surface area contributed by atoms with Crippen molar-refractivity contribution in [2.75, 3.05) is 37.7 Å². The number of aryl methyl sites for hydroxylation is 1. The van der Waals surface area contributed by atoms with Crippen LogP contribution in [-0.4, -0.2) is 48.6 Å². The van der Waals surface area contributed by atoms with Crippen molar-refractivity contribution < 1.29 is 9.53 Å². The number of carbonyl (C=O) groups excluding carboxylic acids is 1. The zero-order valence-corrected chi connectivity index (χ0v) is 15.5. The Bertz CT molecular complexity index is 926. The van der Waals surface area contributed by atoms with Gasteiger partial charge < -0.3 is 14.5 Å². The standard InChI is InChI=1S/C22H23N3O2/c1-17-7-9-19(10-8-17)27-16-21(26)25-14-12-24(13-15-25)20-6-2-4-18-5-3-11-23-22(18)20/h2-11H,12-16H2,1H3. The van der Waals surface area contributed by atoms with E-state index in [1.54, 1.807) is 0 Å². The molecule has 2 aromatic carbocycles. The highest BCUT2D eigenvalue weighted by Crippen LogP contribution is 2.25. The molecule has 1 aliphatic heterocycles. The monoisotopic (exact) mass is 361 g/mol. The van der Waals surface area contributed by atoms with E-state index in [9.17, 15) is 4.79 Å². The van der Waals surface area contributed by atoms with Crippen LogP contribution >= 0.6 is 0 Å². The predicted molar refractivity (Wildman–Crippen MR) is 107 cm³/mol. The summed E-state index contributed by atoms with van der Waals surface area (Å²) in [7, 11) is 0. The van der Waals surface area contributed by atoms with E-state index in [1.807, 2.05) is 48.4 Å². The number of nitrogens with zero attached hydrogens (tertiary/aromatic N) is 3. The van der Waals surface area contributed by atoms with E-state index >= 15 is 0 Å². The van der Waals surface area contributed by atoms with Crippen LogP contribution in [0.15, 0.2) is 60.8 Å². The summed E-state index contributed by atoms with van der Waals surface area (Å²) in [4.78, 5) is 21.2. The van der Waals surface area contributed by atoms with Gasteiger partial charge >= 0.3 is 0 Å². The van der Waals surface area contributed by atoms with Gasteiger partial charge in [-0.3, -0.25) is 9.78 Å². The predicted octanol–water partition coefficient (Wildman–Crippen LogP) is 3.27. The van der Waals surface area contributed by atoms with Crippen LogP contribution in [0.4, 0.5) is 5.69 Å². The Labute approximate surface area is 159 Å². The topological polar surface area (TPSA) is 45.7 Å². The lowest BCUT2D eigenvalue weighted by atomic mass is 10.1. The number of carbonyl (C=O) groups is 1. The molecule has 5 heteroatoms. The molecule has 1 aromatic heterocycles. The summed E-state index contributed by atoms with van der Waals surface area (Å²) in [5.74, 6) is 0.765. The van der Waals surface area contributed by atoms with Gasteiger partial charge in [0.2, 0.25) is 0 Å². The lowest BCUT2D eigenvalue weighted by molar-refractivity contribution is -0.133. The number of aromatic nitrogens is 1. The molecule has 0 radical (unpaired) electrons. The number of piperazine rings is 1. The second kappa shape index (κ2) is 7.66. The average Bonchev–Trinajstić information content (AvgIpc) is 2.73. The Morgan fingerprint density at radius 2 is 1.74 bits per heavy atom. The molecule has 0 bridgehead atoms. The van der Waals surface area contributed by atoms with Crippen molar-refractivity contribution in [2.24, 2.45) is 0 Å². The van der Waals surface area contributed by atoms with E-state index in [2.05, 4.69) is 34.1 Å². The van der Waals surface area contributed by atoms with Crippen LogP contribution in [0.3, 0.4) is 0 Å². The summed E-state index contributed by atoms with van der Waals surface area (Å²) in [6.45, 7) is 5.09. The highest BCUT2D eigenvalue weighted by Gasteiger charge is 2.22. The number of hydrogen-bond donors (Lipinski definition) is 0. The Kier molecular flexibility index (Phi) is 4.92. The van der Waals surface area contributed by atoms with Crippen molar-refractivity contribution in [1.29, 1.82) is 0 Å². The van der Waals surface area contributed by atoms with E-state index in [4.69, 9.17) is 4.74 Å². The molecule has 0 unspecified atom stereocenters. The largest absolute Gasteiger partial charge is 0.484 e. The number of benzene rings is 2. The molecule has 27 heavy (non-hydrogen) atoms. The van der Waals surface area contributed by atoms with Gasteiger partial charge in [-0.2, -0.15) is 0 Å². The van der Waals surface area contributed by atoms with Gasteiger partial charge in [-0.1, -0.05) is 35.9 Å². The first kappa shape index (κ1) is 17.3. The third-order valence-corrected chi connectivity index (χ3v) is 4.97. The number of ether oxygens (including phenoxy) is 1. The highest BCUT2D eigenvalue weighted by molar-refractivity contribution is 5.90. The fourth-order valence-corrected chi connectivity index (χ4v) is 3.41. The Morgan fingerprint density at radius 3 is 2.52 bits per heavy atom. The van der Waals surface area contributed by atoms with E-state index in [0.29, 0.717) is 13.1 Å². The summed E-state index contributed by atoms with van der Waals surface area (Å²) in [6.07, 6.45) is 1.83. The number of amides is 1. The smallest absolute Gasteiger partial charge is 0.260 e. The fraction of sp³-hybridized carbons (Fsp3) is 0.273. The van der Waals surface area contributed by atoms with Gasteiger partial charge in [0.05, 0.1) is 11.2 Å². The maximum absolute atomic E-state index is 12.5. The molecule has 4 rings (SSSR count). The molecule has 1 saturated heterocycles. The maximum atomic E-state index is 12.5. The van der Waals surface area contributed by atoms with Crippen LogP contribution in [0.25, 0.3) is 10.9 Å². The van der Waals surface area contributed by atoms with Crippen LogP contribution < -0.4 is 9.64 Å². The van der Waals surface area contributed by atoms with E-state index in [-0.39, 0.29) is 12.5 Å². The third kappa shape index (κ3) is 3.87. The van der Waals surface area contributed by atoms with Crippen molar-refractivity contribution in [3.05, 3.63) is 66.4 Å². The first-order valence-corrected chi connectivity index (χ1v) is 9.27. The van der Waals surface area contributed by atoms with Crippen molar-refractivity contribution >= 4 is 22.5 Å². The van der Waals surface area contributed by atoms with Crippen molar-refractivity contribution in [2.45, 2.75) is 6.92 Å². The zero-order chi connectivity index (χ0) is 18.6. The fourth-order valence-electron chi connectivity index (χ4n) is 3.41. The normalized spacial score (nSPS) is 14.4. The van der Waals surface area contributed by atoms with Crippen LogP contribution in [-0.2, 0) is 4.79 Å². The van der Waals surface area contributed by atoms with Crippen LogP contribution in [0.5, 0.6) is 5.75 Å².